The highest BCUT2D eigenvalue weighted by Crippen LogP contribution is 2.36. The maximum Gasteiger partial charge on any atom is 0.162 e. The van der Waals surface area contributed by atoms with Crippen molar-refractivity contribution in [2.45, 2.75) is 13.5 Å². The average Bonchev–Trinajstić information content (AvgIpc) is 2.93. The van der Waals surface area contributed by atoms with Crippen molar-refractivity contribution in [1.29, 1.82) is 0 Å². The molecule has 4 rings (SSSR count). The lowest BCUT2D eigenvalue weighted by Gasteiger charge is -2.18. The van der Waals surface area contributed by atoms with E-state index in [0.29, 0.717) is 19.8 Å². The van der Waals surface area contributed by atoms with E-state index in [1.165, 1.54) is 0 Å². The van der Waals surface area contributed by atoms with Crippen molar-refractivity contribution in [2.75, 3.05) is 13.2 Å². The summed E-state index contributed by atoms with van der Waals surface area (Å²) >= 11 is 3.54. The molecule has 1 aliphatic heterocycles. The molecule has 1 aliphatic rings. The second kappa shape index (κ2) is 5.54. The van der Waals surface area contributed by atoms with Gasteiger partial charge in [-0.15, -0.1) is 0 Å². The number of halogens is 1. The van der Waals surface area contributed by atoms with E-state index in [9.17, 15) is 0 Å². The number of aryl methyl sites for hydroxylation is 1. The van der Waals surface area contributed by atoms with Crippen molar-refractivity contribution >= 4 is 21.6 Å². The van der Waals surface area contributed by atoms with Crippen LogP contribution < -0.4 is 15.2 Å². The van der Waals surface area contributed by atoms with Crippen molar-refractivity contribution in [1.82, 2.24) is 9.38 Å². The van der Waals surface area contributed by atoms with Gasteiger partial charge in [0, 0.05) is 22.8 Å². The van der Waals surface area contributed by atoms with Gasteiger partial charge in [0.1, 0.15) is 18.9 Å². The Bertz CT molecular complexity index is 904. The quantitative estimate of drug-likeness (QED) is 0.748. The van der Waals surface area contributed by atoms with E-state index in [-0.39, 0.29) is 0 Å². The number of benzene rings is 1. The Balaban J connectivity index is 1.93. The van der Waals surface area contributed by atoms with Gasteiger partial charge in [0.2, 0.25) is 0 Å². The summed E-state index contributed by atoms with van der Waals surface area (Å²) in [5.41, 5.74) is 10.8. The number of aromatic nitrogens is 2. The van der Waals surface area contributed by atoms with E-state index in [1.54, 1.807) is 0 Å². The van der Waals surface area contributed by atoms with Crippen LogP contribution in [-0.4, -0.2) is 22.6 Å². The highest BCUT2D eigenvalue weighted by molar-refractivity contribution is 9.10. The fourth-order valence-corrected chi connectivity index (χ4v) is 3.48. The topological polar surface area (TPSA) is 61.8 Å². The smallest absolute Gasteiger partial charge is 0.162 e. The van der Waals surface area contributed by atoms with Gasteiger partial charge >= 0.3 is 0 Å². The average molecular weight is 374 g/mol. The standard InChI is InChI=1S/C17H16BrN3O2/c1-10-6-12(18)9-21-13(8-19)16(20-17(10)21)11-2-3-14-15(7-11)23-5-4-22-14/h2-3,6-7,9H,4-5,8,19H2,1H3. The molecular weight excluding hydrogens is 358 g/mol. The lowest BCUT2D eigenvalue weighted by molar-refractivity contribution is 0.171. The van der Waals surface area contributed by atoms with Crippen LogP contribution in [0.3, 0.4) is 0 Å². The maximum absolute atomic E-state index is 6.00. The predicted octanol–water partition coefficient (Wildman–Crippen LogP) is 3.30. The van der Waals surface area contributed by atoms with E-state index in [4.69, 9.17) is 20.2 Å². The molecule has 118 valence electrons. The third-order valence-electron chi connectivity index (χ3n) is 3.98. The predicted molar refractivity (Wildman–Crippen MR) is 91.9 cm³/mol. The molecule has 0 saturated carbocycles. The monoisotopic (exact) mass is 373 g/mol. The van der Waals surface area contributed by atoms with Crippen molar-refractivity contribution < 1.29 is 9.47 Å². The first-order valence-electron chi connectivity index (χ1n) is 7.44. The van der Waals surface area contributed by atoms with Gasteiger partial charge in [-0.1, -0.05) is 0 Å². The van der Waals surface area contributed by atoms with Crippen LogP contribution in [-0.2, 0) is 6.54 Å². The minimum absolute atomic E-state index is 0.404. The molecule has 3 aromatic rings. The number of pyridine rings is 1. The van der Waals surface area contributed by atoms with Gasteiger partial charge in [-0.05, 0) is 52.7 Å². The van der Waals surface area contributed by atoms with Crippen LogP contribution in [0, 0.1) is 6.92 Å². The molecule has 1 aromatic carbocycles. The molecule has 0 fully saturated rings. The van der Waals surface area contributed by atoms with Crippen LogP contribution in [0.4, 0.5) is 0 Å². The highest BCUT2D eigenvalue weighted by Gasteiger charge is 2.18. The van der Waals surface area contributed by atoms with Gasteiger partial charge in [0.15, 0.2) is 11.5 Å². The van der Waals surface area contributed by atoms with Gasteiger partial charge in [0.25, 0.3) is 0 Å². The largest absolute Gasteiger partial charge is 0.486 e. The number of hydrogen-bond donors (Lipinski definition) is 1. The Morgan fingerprint density at radius 3 is 2.78 bits per heavy atom. The Labute approximate surface area is 142 Å². The molecule has 0 unspecified atom stereocenters. The van der Waals surface area contributed by atoms with Crippen LogP contribution in [0.5, 0.6) is 11.5 Å². The molecule has 0 bridgehead atoms. The Kier molecular flexibility index (Phi) is 3.50. The fraction of sp³-hybridized carbons (Fsp3) is 0.235. The SMILES string of the molecule is Cc1cc(Br)cn2c(CN)c(-c3ccc4c(c3)OCCO4)nc12. The van der Waals surface area contributed by atoms with Crippen molar-refractivity contribution in [3.8, 4) is 22.8 Å². The number of rotatable bonds is 2. The zero-order chi connectivity index (χ0) is 16.0. The molecule has 0 atom stereocenters. The summed E-state index contributed by atoms with van der Waals surface area (Å²) in [5.74, 6) is 1.53. The van der Waals surface area contributed by atoms with Crippen LogP contribution in [0.2, 0.25) is 0 Å². The zero-order valence-electron chi connectivity index (χ0n) is 12.7. The van der Waals surface area contributed by atoms with Gasteiger partial charge in [-0.3, -0.25) is 0 Å². The summed E-state index contributed by atoms with van der Waals surface area (Å²) in [7, 11) is 0. The minimum atomic E-state index is 0.404. The lowest BCUT2D eigenvalue weighted by atomic mass is 10.1. The molecule has 0 aliphatic carbocycles. The number of nitrogens with two attached hydrogens (primary N) is 1. The van der Waals surface area contributed by atoms with E-state index in [0.717, 1.165) is 44.1 Å². The molecule has 2 aromatic heterocycles. The van der Waals surface area contributed by atoms with Gasteiger partial charge in [-0.2, -0.15) is 0 Å². The summed E-state index contributed by atoms with van der Waals surface area (Å²) < 4.78 is 14.3. The van der Waals surface area contributed by atoms with Gasteiger partial charge in [0.05, 0.1) is 11.4 Å². The molecule has 0 spiro atoms. The first-order valence-corrected chi connectivity index (χ1v) is 8.24. The van der Waals surface area contributed by atoms with Gasteiger partial charge < -0.3 is 19.6 Å². The van der Waals surface area contributed by atoms with Crippen molar-refractivity contribution in [2.24, 2.45) is 5.73 Å². The lowest BCUT2D eigenvalue weighted by Crippen LogP contribution is -2.15. The van der Waals surface area contributed by atoms with Crippen molar-refractivity contribution in [3.05, 3.63) is 46.2 Å². The summed E-state index contributed by atoms with van der Waals surface area (Å²) in [4.78, 5) is 4.81. The molecule has 5 nitrogen and oxygen atoms in total. The Morgan fingerprint density at radius 1 is 1.22 bits per heavy atom. The van der Waals surface area contributed by atoms with E-state index in [1.807, 2.05) is 35.7 Å². The molecular formula is C17H16BrN3O2. The molecule has 0 amide bonds. The number of hydrogen-bond acceptors (Lipinski definition) is 4. The third kappa shape index (κ3) is 2.38. The summed E-state index contributed by atoms with van der Waals surface area (Å²) in [6.07, 6.45) is 2.00. The first-order chi connectivity index (χ1) is 11.2. The summed E-state index contributed by atoms with van der Waals surface area (Å²) in [5, 5.41) is 0. The van der Waals surface area contributed by atoms with E-state index < -0.39 is 0 Å². The summed E-state index contributed by atoms with van der Waals surface area (Å²) in [6.45, 7) is 3.60. The molecule has 2 N–H and O–H groups in total. The molecule has 0 radical (unpaired) electrons. The summed E-state index contributed by atoms with van der Waals surface area (Å²) in [6, 6.07) is 7.95. The maximum atomic E-state index is 6.00. The number of nitrogens with zero attached hydrogens (tertiary/aromatic N) is 2. The minimum Gasteiger partial charge on any atom is -0.486 e. The second-order valence-electron chi connectivity index (χ2n) is 5.50. The van der Waals surface area contributed by atoms with Crippen molar-refractivity contribution in [3.63, 3.8) is 0 Å². The highest BCUT2D eigenvalue weighted by atomic mass is 79.9. The Hall–Kier alpha value is -2.05. The number of imidazole rings is 1. The fourth-order valence-electron chi connectivity index (χ4n) is 2.93. The number of ether oxygens (including phenoxy) is 2. The van der Waals surface area contributed by atoms with Crippen LogP contribution in [0.25, 0.3) is 16.9 Å². The second-order valence-corrected chi connectivity index (χ2v) is 6.42. The first kappa shape index (κ1) is 14.5. The Morgan fingerprint density at radius 2 is 2.00 bits per heavy atom. The molecule has 6 heteroatoms. The van der Waals surface area contributed by atoms with Crippen LogP contribution >= 0.6 is 15.9 Å². The molecule has 23 heavy (non-hydrogen) atoms. The van der Waals surface area contributed by atoms with Crippen LogP contribution in [0.15, 0.2) is 34.9 Å². The normalized spacial score (nSPS) is 13.5. The van der Waals surface area contributed by atoms with E-state index >= 15 is 0 Å². The third-order valence-corrected chi connectivity index (χ3v) is 4.41. The number of fused-ring (bicyclic) bond motifs is 2. The molecule has 3 heterocycles. The van der Waals surface area contributed by atoms with Crippen LogP contribution in [0.1, 0.15) is 11.3 Å². The zero-order valence-corrected chi connectivity index (χ0v) is 14.3. The van der Waals surface area contributed by atoms with E-state index in [2.05, 4.69) is 22.0 Å². The van der Waals surface area contributed by atoms with Gasteiger partial charge in [-0.25, -0.2) is 4.98 Å². The molecule has 0 saturated heterocycles.